The van der Waals surface area contributed by atoms with Gasteiger partial charge in [0.25, 0.3) is 0 Å². The molecular weight excluding hydrogens is 896 g/mol. The van der Waals surface area contributed by atoms with Gasteiger partial charge in [-0.3, -0.25) is 4.98 Å². The first kappa shape index (κ1) is 38.3. The zero-order valence-electron chi connectivity index (χ0n) is 33.9. The van der Waals surface area contributed by atoms with Crippen LogP contribution in [0.15, 0.2) is 112 Å². The molecule has 6 heteroatoms. The van der Waals surface area contributed by atoms with E-state index in [4.69, 9.17) is 18.8 Å². The van der Waals surface area contributed by atoms with Crippen LogP contribution < -0.4 is 0 Å². The van der Waals surface area contributed by atoms with Crippen molar-refractivity contribution in [3.8, 4) is 39.6 Å². The molecule has 5 nitrogen and oxygen atoms in total. The molecule has 10 rings (SSSR count). The SMILES string of the molecule is CC(C)(C)c1cc(-c2nc3c(-c4[c-]c(-c5cc(C6CCCCC6)ccn5)cc5c4oc4c6ccccc6c6ccccc6c54)cccc3o2)c(O)c(C(C)(C)C)c1.[Pt]. The molecule has 1 N–H and O–H groups in total. The van der Waals surface area contributed by atoms with Gasteiger partial charge in [0.15, 0.2) is 0 Å². The maximum Gasteiger partial charge on any atom is 0.230 e. The Balaban J connectivity index is 0.00000436. The fraction of sp³-hybridized carbons (Fsp3) is 0.269. The second-order valence-corrected chi connectivity index (χ2v) is 18.1. The summed E-state index contributed by atoms with van der Waals surface area (Å²) < 4.78 is 13.7. The Morgan fingerprint density at radius 3 is 2.10 bits per heavy atom. The van der Waals surface area contributed by atoms with Gasteiger partial charge >= 0.3 is 0 Å². The molecule has 0 aliphatic heterocycles. The molecule has 58 heavy (non-hydrogen) atoms. The van der Waals surface area contributed by atoms with E-state index in [-0.39, 0.29) is 37.6 Å². The number of furan rings is 1. The molecule has 3 heterocycles. The van der Waals surface area contributed by atoms with E-state index in [9.17, 15) is 5.11 Å². The van der Waals surface area contributed by atoms with Crippen molar-refractivity contribution in [1.82, 2.24) is 9.97 Å². The van der Waals surface area contributed by atoms with Crippen LogP contribution in [0.4, 0.5) is 0 Å². The van der Waals surface area contributed by atoms with E-state index in [0.717, 1.165) is 71.6 Å². The van der Waals surface area contributed by atoms with Gasteiger partial charge in [-0.15, -0.1) is 12.1 Å². The molecule has 0 amide bonds. The molecule has 294 valence electrons. The zero-order valence-corrected chi connectivity index (χ0v) is 36.2. The molecule has 1 aliphatic carbocycles. The number of phenolic OH excluding ortho intramolecular Hbond substituents is 1. The third kappa shape index (κ3) is 6.34. The summed E-state index contributed by atoms with van der Waals surface area (Å²) in [5.41, 5.74) is 9.78. The quantitative estimate of drug-likeness (QED) is 0.141. The van der Waals surface area contributed by atoms with Gasteiger partial charge in [0, 0.05) is 49.3 Å². The van der Waals surface area contributed by atoms with Crippen LogP contribution in [0.2, 0.25) is 0 Å². The number of fused-ring (bicyclic) bond motifs is 9. The number of rotatable bonds is 4. The fourth-order valence-corrected chi connectivity index (χ4v) is 9.13. The summed E-state index contributed by atoms with van der Waals surface area (Å²) in [5.74, 6) is 1.12. The van der Waals surface area contributed by atoms with Crippen LogP contribution in [0.1, 0.15) is 96.3 Å². The number of aromatic hydroxyl groups is 1. The largest absolute Gasteiger partial charge is 0.507 e. The predicted molar refractivity (Wildman–Crippen MR) is 234 cm³/mol. The van der Waals surface area contributed by atoms with Gasteiger partial charge in [0.1, 0.15) is 16.9 Å². The van der Waals surface area contributed by atoms with Gasteiger partial charge in [0.05, 0.1) is 16.7 Å². The standard InChI is InChI=1S/C52H47N2O3.Pt/c1-51(2,3)33-28-41(47(55)42(29-33)52(4,5)6)50-54-46-37(21-14-22-44(46)56-50)39-25-32(43-27-31(23-24-53-43)30-15-8-7-9-16-30)26-40-45-36-19-12-10-17-34(36)35-18-11-13-20-38(35)49(45)57-48(39)40;/h10-14,17-24,26-30,55H,7-9,15-16H2,1-6H3;/q-1;. The maximum atomic E-state index is 11.8. The van der Waals surface area contributed by atoms with Crippen molar-refractivity contribution in [3.63, 3.8) is 0 Å². The van der Waals surface area contributed by atoms with Gasteiger partial charge < -0.3 is 13.9 Å². The smallest absolute Gasteiger partial charge is 0.230 e. The van der Waals surface area contributed by atoms with Crippen molar-refractivity contribution < 1.29 is 35.0 Å². The molecule has 1 aliphatic rings. The average Bonchev–Trinajstić information content (AvgIpc) is 3.83. The molecule has 6 aromatic carbocycles. The normalized spacial score (nSPS) is 14.2. The Kier molecular flexibility index (Phi) is 9.40. The summed E-state index contributed by atoms with van der Waals surface area (Å²) in [6, 6.07) is 37.8. The topological polar surface area (TPSA) is 72.3 Å². The van der Waals surface area contributed by atoms with Gasteiger partial charge in [-0.2, -0.15) is 0 Å². The molecule has 0 radical (unpaired) electrons. The summed E-state index contributed by atoms with van der Waals surface area (Å²) in [6.45, 7) is 12.9. The van der Waals surface area contributed by atoms with Crippen LogP contribution in [0.3, 0.4) is 0 Å². The number of benzene rings is 6. The van der Waals surface area contributed by atoms with E-state index in [0.29, 0.717) is 28.5 Å². The molecule has 0 atom stereocenters. The van der Waals surface area contributed by atoms with Crippen molar-refractivity contribution in [2.24, 2.45) is 0 Å². The Labute approximate surface area is 353 Å². The average molecular weight is 943 g/mol. The Morgan fingerprint density at radius 2 is 1.38 bits per heavy atom. The Hall–Kier alpha value is -5.25. The van der Waals surface area contributed by atoms with Crippen molar-refractivity contribution in [2.45, 2.75) is 90.4 Å². The van der Waals surface area contributed by atoms with Crippen molar-refractivity contribution >= 4 is 54.6 Å². The van der Waals surface area contributed by atoms with Gasteiger partial charge in [0.2, 0.25) is 5.89 Å². The Morgan fingerprint density at radius 1 is 0.672 bits per heavy atom. The van der Waals surface area contributed by atoms with Crippen LogP contribution in [-0.4, -0.2) is 15.1 Å². The van der Waals surface area contributed by atoms with Crippen molar-refractivity contribution in [1.29, 1.82) is 0 Å². The predicted octanol–water partition coefficient (Wildman–Crippen LogP) is 14.6. The summed E-state index contributed by atoms with van der Waals surface area (Å²) in [7, 11) is 0. The van der Waals surface area contributed by atoms with Crippen LogP contribution in [0.25, 0.3) is 88.4 Å². The third-order valence-electron chi connectivity index (χ3n) is 12.2. The number of nitrogens with zero attached hydrogens (tertiary/aromatic N) is 2. The van der Waals surface area contributed by atoms with Crippen LogP contribution >= 0.6 is 0 Å². The number of hydrogen-bond acceptors (Lipinski definition) is 5. The van der Waals surface area contributed by atoms with Crippen molar-refractivity contribution in [3.05, 3.63) is 126 Å². The molecule has 0 spiro atoms. The first-order valence-electron chi connectivity index (χ1n) is 20.4. The first-order valence-corrected chi connectivity index (χ1v) is 20.4. The first-order chi connectivity index (χ1) is 27.4. The minimum Gasteiger partial charge on any atom is -0.507 e. The van der Waals surface area contributed by atoms with E-state index in [1.54, 1.807) is 0 Å². The van der Waals surface area contributed by atoms with E-state index in [1.807, 2.05) is 24.4 Å². The second kappa shape index (κ2) is 14.2. The summed E-state index contributed by atoms with van der Waals surface area (Å²) in [6.07, 6.45) is 8.24. The summed E-state index contributed by atoms with van der Waals surface area (Å²) in [5, 5.41) is 18.5. The van der Waals surface area contributed by atoms with E-state index in [1.165, 1.54) is 43.1 Å². The molecule has 0 unspecified atom stereocenters. The van der Waals surface area contributed by atoms with Gasteiger partial charge in [-0.1, -0.05) is 145 Å². The minimum atomic E-state index is -0.295. The van der Waals surface area contributed by atoms with Crippen molar-refractivity contribution in [2.75, 3.05) is 0 Å². The van der Waals surface area contributed by atoms with Gasteiger partial charge in [-0.25, -0.2) is 4.98 Å². The monoisotopic (exact) mass is 942 g/mol. The molecular formula is C52H47N2O3Pt-. The van der Waals surface area contributed by atoms with Gasteiger partial charge in [-0.05, 0) is 86.0 Å². The van der Waals surface area contributed by atoms with Crippen LogP contribution in [0, 0.1) is 6.07 Å². The minimum absolute atomic E-state index is 0. The maximum absolute atomic E-state index is 11.8. The van der Waals surface area contributed by atoms with Crippen LogP contribution in [0.5, 0.6) is 5.75 Å². The number of oxazole rings is 1. The fourth-order valence-electron chi connectivity index (χ4n) is 9.13. The van der Waals surface area contributed by atoms with E-state index < -0.39 is 0 Å². The second-order valence-electron chi connectivity index (χ2n) is 18.1. The summed E-state index contributed by atoms with van der Waals surface area (Å²) in [4.78, 5) is 10.2. The van der Waals surface area contributed by atoms with E-state index >= 15 is 0 Å². The molecule has 0 bridgehead atoms. The Bertz CT molecular complexity index is 3040. The summed E-state index contributed by atoms with van der Waals surface area (Å²) >= 11 is 0. The number of aromatic nitrogens is 2. The zero-order chi connectivity index (χ0) is 39.2. The van der Waals surface area contributed by atoms with Crippen LogP contribution in [-0.2, 0) is 31.9 Å². The number of para-hydroxylation sites is 1. The van der Waals surface area contributed by atoms with E-state index in [2.05, 4.69) is 126 Å². The molecule has 1 saturated carbocycles. The number of hydrogen-bond donors (Lipinski definition) is 1. The molecule has 3 aromatic heterocycles. The molecule has 0 saturated heterocycles. The third-order valence-corrected chi connectivity index (χ3v) is 12.2. The number of phenols is 1. The molecule has 9 aromatic rings. The molecule has 1 fully saturated rings. The number of pyridine rings is 1.